The summed E-state index contributed by atoms with van der Waals surface area (Å²) in [5.74, 6) is -1.83. The van der Waals surface area contributed by atoms with Gasteiger partial charge in [-0.15, -0.1) is 11.3 Å². The van der Waals surface area contributed by atoms with Gasteiger partial charge in [-0.2, -0.15) is 0 Å². The van der Waals surface area contributed by atoms with Crippen LogP contribution < -0.4 is 5.32 Å². The second kappa shape index (κ2) is 6.93. The highest BCUT2D eigenvalue weighted by atomic mass is 32.2. The second-order valence-electron chi connectivity index (χ2n) is 5.86. The van der Waals surface area contributed by atoms with E-state index in [0.717, 1.165) is 11.1 Å². The number of carboxylic acids is 1. The van der Waals surface area contributed by atoms with Crippen LogP contribution in [-0.2, 0) is 21.2 Å². The molecule has 1 fully saturated rings. The van der Waals surface area contributed by atoms with E-state index < -0.39 is 21.7 Å². The number of rotatable bonds is 5. The van der Waals surface area contributed by atoms with Crippen molar-refractivity contribution in [1.29, 1.82) is 0 Å². The lowest BCUT2D eigenvalue weighted by molar-refractivity contribution is -0.124. The zero-order valence-electron chi connectivity index (χ0n) is 13.1. The lowest BCUT2D eigenvalue weighted by atomic mass is 10.1. The third-order valence-corrected chi connectivity index (χ3v) is 6.63. The van der Waals surface area contributed by atoms with Crippen molar-refractivity contribution in [2.75, 3.05) is 11.5 Å². The molecule has 9 heteroatoms. The minimum atomic E-state index is -3.09. The van der Waals surface area contributed by atoms with Crippen LogP contribution in [0.1, 0.15) is 22.5 Å². The van der Waals surface area contributed by atoms with Gasteiger partial charge in [-0.1, -0.05) is 18.2 Å². The van der Waals surface area contributed by atoms with Gasteiger partial charge >= 0.3 is 5.97 Å². The summed E-state index contributed by atoms with van der Waals surface area (Å²) in [6.45, 7) is 0.278. The van der Waals surface area contributed by atoms with Crippen LogP contribution in [0.25, 0.3) is 10.6 Å². The molecule has 1 unspecified atom stereocenters. The number of carboxylic acid groups (broad SMARTS) is 1. The summed E-state index contributed by atoms with van der Waals surface area (Å²) in [5, 5.41) is 13.8. The molecule has 0 aliphatic carbocycles. The van der Waals surface area contributed by atoms with Gasteiger partial charge in [-0.25, -0.2) is 18.2 Å². The van der Waals surface area contributed by atoms with E-state index in [9.17, 15) is 18.0 Å². The number of sulfone groups is 1. The van der Waals surface area contributed by atoms with Crippen molar-refractivity contribution in [3.63, 3.8) is 0 Å². The standard InChI is InChI=1S/C16H16N2O5S2/c19-14(12-4-5-25(22,23)9-12)17-7-10-2-1-3-11(6-10)15-18-13(8-24-15)16(20)21/h1-3,6,8,12H,4-5,7,9H2,(H,17,19)(H,20,21). The summed E-state index contributed by atoms with van der Waals surface area (Å²) in [5.41, 5.74) is 1.60. The van der Waals surface area contributed by atoms with E-state index in [-0.39, 0.29) is 29.7 Å². The molecule has 132 valence electrons. The number of aromatic nitrogens is 1. The molecule has 0 spiro atoms. The number of hydrogen-bond donors (Lipinski definition) is 2. The minimum absolute atomic E-state index is 0.00106. The smallest absolute Gasteiger partial charge is 0.355 e. The Hall–Kier alpha value is -2.26. The number of carbonyl (C=O) groups is 2. The maximum atomic E-state index is 12.1. The molecule has 2 N–H and O–H groups in total. The highest BCUT2D eigenvalue weighted by Gasteiger charge is 2.32. The SMILES string of the molecule is O=C(O)c1csc(-c2cccc(CNC(=O)C3CCS(=O)(=O)C3)c2)n1. The van der Waals surface area contributed by atoms with Crippen LogP contribution in [0.2, 0.25) is 0 Å². The Morgan fingerprint density at radius 1 is 1.36 bits per heavy atom. The number of thiazole rings is 1. The first-order valence-corrected chi connectivity index (χ1v) is 10.3. The van der Waals surface area contributed by atoms with Crippen LogP contribution in [0.15, 0.2) is 29.6 Å². The Balaban J connectivity index is 1.65. The number of carbonyl (C=O) groups excluding carboxylic acids is 1. The third-order valence-electron chi connectivity index (χ3n) is 3.97. The summed E-state index contributed by atoms with van der Waals surface area (Å²) >= 11 is 1.24. The number of aromatic carboxylic acids is 1. The van der Waals surface area contributed by atoms with Crippen molar-refractivity contribution in [1.82, 2.24) is 10.3 Å². The van der Waals surface area contributed by atoms with E-state index in [2.05, 4.69) is 10.3 Å². The summed E-state index contributed by atoms with van der Waals surface area (Å²) in [6.07, 6.45) is 0.366. The zero-order chi connectivity index (χ0) is 18.0. The van der Waals surface area contributed by atoms with E-state index in [1.54, 1.807) is 6.07 Å². The molecule has 2 aromatic rings. The largest absolute Gasteiger partial charge is 0.476 e. The highest BCUT2D eigenvalue weighted by molar-refractivity contribution is 7.91. The molecular weight excluding hydrogens is 364 g/mol. The van der Waals surface area contributed by atoms with Crippen LogP contribution in [0.5, 0.6) is 0 Å². The Morgan fingerprint density at radius 3 is 2.80 bits per heavy atom. The number of hydrogen-bond acceptors (Lipinski definition) is 6. The van der Waals surface area contributed by atoms with Crippen molar-refractivity contribution in [2.24, 2.45) is 5.92 Å². The van der Waals surface area contributed by atoms with Gasteiger partial charge in [0.1, 0.15) is 5.01 Å². The maximum absolute atomic E-state index is 12.1. The second-order valence-corrected chi connectivity index (χ2v) is 8.95. The normalized spacial score (nSPS) is 18.8. The first-order chi connectivity index (χ1) is 11.8. The minimum Gasteiger partial charge on any atom is -0.476 e. The highest BCUT2D eigenvalue weighted by Crippen LogP contribution is 2.25. The van der Waals surface area contributed by atoms with Gasteiger partial charge in [-0.05, 0) is 18.1 Å². The molecule has 1 amide bonds. The third kappa shape index (κ3) is 4.23. The molecule has 1 aromatic carbocycles. The van der Waals surface area contributed by atoms with Gasteiger partial charge in [0, 0.05) is 17.5 Å². The monoisotopic (exact) mass is 380 g/mol. The van der Waals surface area contributed by atoms with Gasteiger partial charge < -0.3 is 10.4 Å². The molecular formula is C16H16N2O5S2. The molecule has 0 bridgehead atoms. The molecule has 3 rings (SSSR count). The van der Waals surface area contributed by atoms with Crippen molar-refractivity contribution < 1.29 is 23.1 Å². The van der Waals surface area contributed by atoms with E-state index >= 15 is 0 Å². The van der Waals surface area contributed by atoms with Gasteiger partial charge in [0.25, 0.3) is 0 Å². The average Bonchev–Trinajstić information content (AvgIpc) is 3.19. The van der Waals surface area contributed by atoms with Crippen LogP contribution in [0, 0.1) is 5.92 Å². The molecule has 1 aromatic heterocycles. The van der Waals surface area contributed by atoms with Crippen molar-refractivity contribution >= 4 is 33.1 Å². The Kier molecular flexibility index (Phi) is 4.87. The molecule has 1 aliphatic rings. The van der Waals surface area contributed by atoms with Crippen LogP contribution in [-0.4, -0.2) is 41.9 Å². The fourth-order valence-corrected chi connectivity index (χ4v) is 5.19. The topological polar surface area (TPSA) is 113 Å². The quantitative estimate of drug-likeness (QED) is 0.814. The molecule has 0 radical (unpaired) electrons. The number of amides is 1. The molecule has 1 atom stereocenters. The zero-order valence-corrected chi connectivity index (χ0v) is 14.8. The van der Waals surface area contributed by atoms with Gasteiger partial charge in [0.15, 0.2) is 15.5 Å². The first-order valence-electron chi connectivity index (χ1n) is 7.60. The molecule has 0 saturated carbocycles. The Morgan fingerprint density at radius 2 is 2.16 bits per heavy atom. The summed E-state index contributed by atoms with van der Waals surface area (Å²) < 4.78 is 22.9. The van der Waals surface area contributed by atoms with Crippen molar-refractivity contribution in [2.45, 2.75) is 13.0 Å². The van der Waals surface area contributed by atoms with E-state index in [1.165, 1.54) is 16.7 Å². The Bertz CT molecular complexity index is 920. The van der Waals surface area contributed by atoms with Crippen LogP contribution >= 0.6 is 11.3 Å². The number of benzene rings is 1. The molecule has 1 saturated heterocycles. The maximum Gasteiger partial charge on any atom is 0.355 e. The van der Waals surface area contributed by atoms with E-state index in [1.807, 2.05) is 18.2 Å². The number of nitrogens with zero attached hydrogens (tertiary/aromatic N) is 1. The van der Waals surface area contributed by atoms with Crippen molar-refractivity contribution in [3.05, 3.63) is 40.9 Å². The molecule has 1 aliphatic heterocycles. The lowest BCUT2D eigenvalue weighted by Gasteiger charge is -2.10. The lowest BCUT2D eigenvalue weighted by Crippen LogP contribution is -2.30. The molecule has 25 heavy (non-hydrogen) atoms. The van der Waals surface area contributed by atoms with Crippen LogP contribution in [0.3, 0.4) is 0 Å². The van der Waals surface area contributed by atoms with Crippen molar-refractivity contribution in [3.8, 4) is 10.6 Å². The predicted molar refractivity (Wildman–Crippen MR) is 93.1 cm³/mol. The number of nitrogens with one attached hydrogen (secondary N) is 1. The van der Waals surface area contributed by atoms with Crippen LogP contribution in [0.4, 0.5) is 0 Å². The van der Waals surface area contributed by atoms with E-state index in [4.69, 9.17) is 5.11 Å². The van der Waals surface area contributed by atoms with E-state index in [0.29, 0.717) is 11.4 Å². The average molecular weight is 380 g/mol. The summed E-state index contributed by atoms with van der Waals surface area (Å²) in [7, 11) is -3.09. The fourth-order valence-electron chi connectivity index (χ4n) is 2.65. The predicted octanol–water partition coefficient (Wildman–Crippen LogP) is 1.56. The molecule has 2 heterocycles. The Labute approximate surface area is 148 Å². The van der Waals surface area contributed by atoms with Gasteiger partial charge in [0.2, 0.25) is 5.91 Å². The first kappa shape index (κ1) is 17.6. The van der Waals surface area contributed by atoms with Gasteiger partial charge in [-0.3, -0.25) is 4.79 Å². The molecule has 7 nitrogen and oxygen atoms in total. The summed E-state index contributed by atoms with van der Waals surface area (Å²) in [6, 6.07) is 7.29. The summed E-state index contributed by atoms with van der Waals surface area (Å²) in [4.78, 5) is 27.1. The fraction of sp³-hybridized carbons (Fsp3) is 0.312. The van der Waals surface area contributed by atoms with Gasteiger partial charge in [0.05, 0.1) is 17.4 Å².